The lowest BCUT2D eigenvalue weighted by Gasteiger charge is -2.15. The van der Waals surface area contributed by atoms with Crippen LogP contribution in [0.3, 0.4) is 0 Å². The van der Waals surface area contributed by atoms with Crippen LogP contribution in [0.5, 0.6) is 0 Å². The van der Waals surface area contributed by atoms with E-state index in [0.717, 1.165) is 24.0 Å². The topological polar surface area (TPSA) is 17.1 Å². The van der Waals surface area contributed by atoms with Crippen LogP contribution in [0, 0.1) is 0 Å². The highest BCUT2D eigenvalue weighted by Crippen LogP contribution is 2.22. The molecule has 0 saturated carbocycles. The first-order valence-corrected chi connectivity index (χ1v) is 7.22. The van der Waals surface area contributed by atoms with Gasteiger partial charge in [0, 0.05) is 5.56 Å². The first-order chi connectivity index (χ1) is 9.83. The molecular formula is C19H18O. The minimum atomic E-state index is 0.0854. The summed E-state index contributed by atoms with van der Waals surface area (Å²) >= 11 is 0. The summed E-state index contributed by atoms with van der Waals surface area (Å²) in [5, 5.41) is 0. The van der Waals surface area contributed by atoms with Gasteiger partial charge in [-0.2, -0.15) is 0 Å². The molecule has 0 aromatic heterocycles. The van der Waals surface area contributed by atoms with Gasteiger partial charge in [-0.3, -0.25) is 4.79 Å². The molecule has 3 rings (SSSR count). The Morgan fingerprint density at radius 2 is 1.65 bits per heavy atom. The smallest absolute Gasteiger partial charge is 0.185 e. The van der Waals surface area contributed by atoms with E-state index < -0.39 is 0 Å². The third kappa shape index (κ3) is 2.88. The summed E-state index contributed by atoms with van der Waals surface area (Å²) in [5.41, 5.74) is 4.63. The van der Waals surface area contributed by atoms with Gasteiger partial charge in [0.1, 0.15) is 0 Å². The van der Waals surface area contributed by atoms with Gasteiger partial charge in [-0.25, -0.2) is 0 Å². The lowest BCUT2D eigenvalue weighted by atomic mass is 9.90. The van der Waals surface area contributed by atoms with Gasteiger partial charge in [-0.1, -0.05) is 48.5 Å². The highest BCUT2D eigenvalue weighted by molar-refractivity contribution is 6.06. The Morgan fingerprint density at radius 1 is 0.900 bits per heavy atom. The molecule has 1 heteroatoms. The fourth-order valence-corrected chi connectivity index (χ4v) is 2.72. The Bertz CT molecular complexity index is 638. The fraction of sp³-hybridized carbons (Fsp3) is 0.211. The Hall–Kier alpha value is -2.15. The normalized spacial score (nSPS) is 14.2. The van der Waals surface area contributed by atoms with Crippen LogP contribution in [-0.2, 0) is 12.8 Å². The summed E-state index contributed by atoms with van der Waals surface area (Å²) in [4.78, 5) is 12.2. The van der Waals surface area contributed by atoms with Crippen LogP contribution in [0.1, 0.15) is 39.9 Å². The molecule has 1 aliphatic rings. The highest BCUT2D eigenvalue weighted by Gasteiger charge is 2.11. The van der Waals surface area contributed by atoms with E-state index in [-0.39, 0.29) is 5.78 Å². The number of fused-ring (bicyclic) bond motifs is 1. The zero-order valence-electron chi connectivity index (χ0n) is 11.5. The Balaban J connectivity index is 1.79. The monoisotopic (exact) mass is 262 g/mol. The number of hydrogen-bond donors (Lipinski definition) is 0. The molecule has 0 saturated heterocycles. The van der Waals surface area contributed by atoms with E-state index in [4.69, 9.17) is 0 Å². The molecule has 0 unspecified atom stereocenters. The van der Waals surface area contributed by atoms with Gasteiger partial charge in [0.2, 0.25) is 0 Å². The first kappa shape index (κ1) is 12.9. The Labute approximate surface area is 120 Å². The molecule has 0 fully saturated rings. The van der Waals surface area contributed by atoms with Crippen molar-refractivity contribution in [1.82, 2.24) is 0 Å². The number of benzene rings is 2. The average molecular weight is 262 g/mol. The van der Waals surface area contributed by atoms with Crippen molar-refractivity contribution < 1.29 is 4.79 Å². The molecular weight excluding hydrogens is 244 g/mol. The van der Waals surface area contributed by atoms with Crippen molar-refractivity contribution in [3.05, 3.63) is 76.9 Å². The summed E-state index contributed by atoms with van der Waals surface area (Å²) in [6.45, 7) is 0. The molecule has 0 spiro atoms. The molecule has 0 amide bonds. The van der Waals surface area contributed by atoms with Crippen molar-refractivity contribution in [2.45, 2.75) is 25.7 Å². The van der Waals surface area contributed by atoms with Crippen molar-refractivity contribution in [1.29, 1.82) is 0 Å². The number of aryl methyl sites for hydroxylation is 2. The molecule has 2 aromatic rings. The van der Waals surface area contributed by atoms with E-state index in [0.29, 0.717) is 0 Å². The van der Waals surface area contributed by atoms with Gasteiger partial charge in [0.05, 0.1) is 0 Å². The third-order valence-corrected chi connectivity index (χ3v) is 3.86. The predicted octanol–water partition coefficient (Wildman–Crippen LogP) is 4.46. The van der Waals surface area contributed by atoms with Crippen LogP contribution >= 0.6 is 0 Å². The van der Waals surface area contributed by atoms with Gasteiger partial charge in [-0.05, 0) is 54.5 Å². The van der Waals surface area contributed by atoms with Crippen LogP contribution < -0.4 is 0 Å². The van der Waals surface area contributed by atoms with Gasteiger partial charge in [0.25, 0.3) is 0 Å². The van der Waals surface area contributed by atoms with Crippen LogP contribution in [0.25, 0.3) is 6.08 Å². The SMILES string of the molecule is O=C(/C=C/c1ccccc1)c1ccc2c(c1)CCCC2. The maximum absolute atomic E-state index is 12.2. The van der Waals surface area contributed by atoms with E-state index in [1.807, 2.05) is 42.5 Å². The minimum Gasteiger partial charge on any atom is -0.289 e. The Morgan fingerprint density at radius 3 is 2.45 bits per heavy atom. The number of hydrogen-bond acceptors (Lipinski definition) is 1. The van der Waals surface area contributed by atoms with Crippen molar-refractivity contribution >= 4 is 11.9 Å². The summed E-state index contributed by atoms with van der Waals surface area (Å²) in [6.07, 6.45) is 8.32. The summed E-state index contributed by atoms with van der Waals surface area (Å²) in [7, 11) is 0. The van der Waals surface area contributed by atoms with Crippen LogP contribution in [-0.4, -0.2) is 5.78 Å². The van der Waals surface area contributed by atoms with Crippen molar-refractivity contribution in [2.75, 3.05) is 0 Å². The van der Waals surface area contributed by atoms with E-state index in [2.05, 4.69) is 12.1 Å². The van der Waals surface area contributed by atoms with Crippen molar-refractivity contribution in [3.8, 4) is 0 Å². The van der Waals surface area contributed by atoms with Crippen molar-refractivity contribution in [3.63, 3.8) is 0 Å². The molecule has 0 aliphatic heterocycles. The van der Waals surface area contributed by atoms with Crippen molar-refractivity contribution in [2.24, 2.45) is 0 Å². The van der Waals surface area contributed by atoms with Crippen LogP contribution in [0.4, 0.5) is 0 Å². The van der Waals surface area contributed by atoms with E-state index >= 15 is 0 Å². The van der Waals surface area contributed by atoms with E-state index in [1.165, 1.54) is 24.0 Å². The van der Waals surface area contributed by atoms with Crippen LogP contribution in [0.15, 0.2) is 54.6 Å². The molecule has 1 nitrogen and oxygen atoms in total. The maximum Gasteiger partial charge on any atom is 0.185 e. The summed E-state index contributed by atoms with van der Waals surface area (Å²) in [5.74, 6) is 0.0854. The summed E-state index contributed by atoms with van der Waals surface area (Å²) in [6, 6.07) is 16.1. The second-order valence-corrected chi connectivity index (χ2v) is 5.30. The molecule has 2 aromatic carbocycles. The second kappa shape index (κ2) is 5.87. The average Bonchev–Trinajstić information content (AvgIpc) is 2.53. The third-order valence-electron chi connectivity index (χ3n) is 3.86. The van der Waals surface area contributed by atoms with Gasteiger partial charge < -0.3 is 0 Å². The molecule has 20 heavy (non-hydrogen) atoms. The number of allylic oxidation sites excluding steroid dienone is 1. The quantitative estimate of drug-likeness (QED) is 0.589. The number of carbonyl (C=O) groups is 1. The molecule has 0 atom stereocenters. The number of rotatable bonds is 3. The van der Waals surface area contributed by atoms with Crippen LogP contribution in [0.2, 0.25) is 0 Å². The standard InChI is InChI=1S/C19H18O/c20-19(13-10-15-6-2-1-3-7-15)18-12-11-16-8-4-5-9-17(16)14-18/h1-3,6-7,10-14H,4-5,8-9H2/b13-10+. The largest absolute Gasteiger partial charge is 0.289 e. The number of carbonyl (C=O) groups excluding carboxylic acids is 1. The first-order valence-electron chi connectivity index (χ1n) is 7.22. The lowest BCUT2D eigenvalue weighted by molar-refractivity contribution is 0.104. The molecule has 0 bridgehead atoms. The van der Waals surface area contributed by atoms with Gasteiger partial charge >= 0.3 is 0 Å². The van der Waals surface area contributed by atoms with Gasteiger partial charge in [0.15, 0.2) is 5.78 Å². The molecule has 0 N–H and O–H groups in total. The van der Waals surface area contributed by atoms with Gasteiger partial charge in [-0.15, -0.1) is 0 Å². The lowest BCUT2D eigenvalue weighted by Crippen LogP contribution is -2.05. The molecule has 1 aliphatic carbocycles. The maximum atomic E-state index is 12.2. The molecule has 0 radical (unpaired) electrons. The van der Waals surface area contributed by atoms with E-state index in [9.17, 15) is 4.79 Å². The Kier molecular flexibility index (Phi) is 3.78. The minimum absolute atomic E-state index is 0.0854. The molecule has 100 valence electrons. The zero-order chi connectivity index (χ0) is 13.8. The highest BCUT2D eigenvalue weighted by atomic mass is 16.1. The summed E-state index contributed by atoms with van der Waals surface area (Å²) < 4.78 is 0. The zero-order valence-corrected chi connectivity index (χ0v) is 11.5. The van der Waals surface area contributed by atoms with E-state index in [1.54, 1.807) is 6.08 Å². The second-order valence-electron chi connectivity index (χ2n) is 5.30. The fourth-order valence-electron chi connectivity index (χ4n) is 2.72. The predicted molar refractivity (Wildman–Crippen MR) is 82.9 cm³/mol. The number of ketones is 1. The molecule has 0 heterocycles.